The molecule has 1 aliphatic heterocycles. The van der Waals surface area contributed by atoms with Crippen molar-refractivity contribution >= 4 is 38.4 Å². The Labute approximate surface area is 272 Å². The van der Waals surface area contributed by atoms with E-state index in [1.807, 2.05) is 12.1 Å². The summed E-state index contributed by atoms with van der Waals surface area (Å²) >= 11 is 5.33. The number of nitrogens with one attached hydrogen (secondary N) is 2. The summed E-state index contributed by atoms with van der Waals surface area (Å²) in [4.78, 5) is 9.38. The molecule has 4 rings (SSSR count). The van der Waals surface area contributed by atoms with Crippen molar-refractivity contribution in [2.45, 2.75) is 70.8 Å². The first kappa shape index (κ1) is 36.5. The van der Waals surface area contributed by atoms with Gasteiger partial charge in [-0.25, -0.2) is 10.8 Å². The molecule has 0 bridgehead atoms. The van der Waals surface area contributed by atoms with E-state index >= 15 is 0 Å². The number of nitrogens with zero attached hydrogens (tertiary/aromatic N) is 1. The first-order chi connectivity index (χ1) is 15.9. The number of rotatable bonds is 5. The third-order valence-corrected chi connectivity index (χ3v) is 7.67. The number of hydrogen-bond acceptors (Lipinski definition) is 4. The van der Waals surface area contributed by atoms with Gasteiger partial charge in [0.1, 0.15) is 0 Å². The van der Waals surface area contributed by atoms with Crippen LogP contribution in [0.2, 0.25) is 0 Å². The molecule has 2 heterocycles. The predicted molar refractivity (Wildman–Crippen MR) is 145 cm³/mol. The fourth-order valence-corrected chi connectivity index (χ4v) is 5.63. The Morgan fingerprint density at radius 1 is 1.31 bits per heavy atom. The molecule has 0 saturated heterocycles. The number of fused-ring (bicyclic) bond motifs is 1. The SMILES string of the molecule is CC(C)[C-]=O.[CH2-]C1CCC(c2cc(Nc3ccc4c(c3F)CS(=S)C4)n[nH]2)C1.[CH2-]CC([CH2-])(C)C.[U+2].[U+2]. The Morgan fingerprint density at radius 2 is 1.92 bits per heavy atom. The maximum atomic E-state index is 14.6. The molecule has 1 aliphatic carbocycles. The molecular formula is C27H38FN3OS2U2. The van der Waals surface area contributed by atoms with Crippen LogP contribution in [0.5, 0.6) is 0 Å². The Morgan fingerprint density at radius 3 is 2.42 bits per heavy atom. The third kappa shape index (κ3) is 12.1. The van der Waals surface area contributed by atoms with Crippen molar-refractivity contribution in [1.29, 1.82) is 0 Å². The van der Waals surface area contributed by atoms with Crippen LogP contribution in [0.15, 0.2) is 18.2 Å². The van der Waals surface area contributed by atoms with Gasteiger partial charge in [-0.1, -0.05) is 57.8 Å². The fraction of sp³-hybridized carbons (Fsp3) is 0.519. The molecule has 2 aromatic rings. The molecule has 0 spiro atoms. The third-order valence-electron chi connectivity index (χ3n) is 5.72. The van der Waals surface area contributed by atoms with E-state index in [1.165, 1.54) is 0 Å². The van der Waals surface area contributed by atoms with Gasteiger partial charge in [-0.15, -0.1) is 15.4 Å². The number of aromatic nitrogens is 2. The average Bonchev–Trinajstić information content (AvgIpc) is 3.50. The minimum absolute atomic E-state index is 0. The minimum atomic E-state index is -0.175. The van der Waals surface area contributed by atoms with E-state index in [0.29, 0.717) is 29.1 Å². The topological polar surface area (TPSA) is 57.8 Å². The number of benzene rings is 1. The van der Waals surface area contributed by atoms with Crippen LogP contribution in [0.1, 0.15) is 76.1 Å². The fourth-order valence-electron chi connectivity index (χ4n) is 3.54. The van der Waals surface area contributed by atoms with Gasteiger partial charge in [0.15, 0.2) is 11.6 Å². The normalized spacial score (nSPS) is 20.1. The molecule has 1 saturated carbocycles. The summed E-state index contributed by atoms with van der Waals surface area (Å²) in [6, 6.07) is 5.77. The minimum Gasteiger partial charge on any atom is -0.542 e. The molecule has 0 amide bonds. The standard InChI is InChI=1S/C17H19FN3S2.C6H12.C4H7O.2U/c1-10-2-3-11(6-10)15-7-16(21-20-15)19-14-5-4-12-8-23(22)9-13(12)17(14)18;1-5-6(2,3)4;1-4(2)3-5;;/h4-5,7,10-11H,1-3,6,8-9H2,(H2,19,20,21);1-2,5H2,3-4H3;4H,1-2H3;;/q-1;-2;-1;2*+2. The largest absolute Gasteiger partial charge is 2.00 e. The van der Waals surface area contributed by atoms with E-state index in [9.17, 15) is 9.18 Å². The molecule has 2 aliphatic rings. The summed E-state index contributed by atoms with van der Waals surface area (Å²) in [7, 11) is -0.148. The maximum absolute atomic E-state index is 14.6. The first-order valence-electron chi connectivity index (χ1n) is 11.8. The van der Waals surface area contributed by atoms with Crippen LogP contribution < -0.4 is 5.32 Å². The van der Waals surface area contributed by atoms with Crippen LogP contribution >= 0.6 is 0 Å². The number of aromatic amines is 1. The van der Waals surface area contributed by atoms with Crippen molar-refractivity contribution in [3.05, 3.63) is 61.6 Å². The van der Waals surface area contributed by atoms with Gasteiger partial charge in [-0.05, 0) is 24.0 Å². The summed E-state index contributed by atoms with van der Waals surface area (Å²) in [6.07, 6.45) is 6.09. The second kappa shape index (κ2) is 17.2. The Hall–Kier alpha value is 0.504. The first-order valence-corrected chi connectivity index (χ1v) is 14.2. The Balaban J connectivity index is 0.000000803. The molecule has 1 fully saturated rings. The van der Waals surface area contributed by atoms with Gasteiger partial charge in [0.05, 0.1) is 5.69 Å². The van der Waals surface area contributed by atoms with Crippen LogP contribution in [-0.4, -0.2) is 16.5 Å². The molecule has 0 radical (unpaired) electrons. The number of H-pyrrole nitrogens is 1. The van der Waals surface area contributed by atoms with Crippen LogP contribution in [0, 0.1) is 106 Å². The van der Waals surface area contributed by atoms with Gasteiger partial charge < -0.3 is 30.9 Å². The monoisotopic (exact) mass is 979 g/mol. The molecule has 3 unspecified atom stereocenters. The molecule has 1 aromatic carbocycles. The summed E-state index contributed by atoms with van der Waals surface area (Å²) in [6.45, 7) is 19.4. The summed E-state index contributed by atoms with van der Waals surface area (Å²) in [5.74, 6) is 3.09. The van der Waals surface area contributed by atoms with Crippen molar-refractivity contribution in [2.24, 2.45) is 17.3 Å². The van der Waals surface area contributed by atoms with Crippen LogP contribution in [-0.2, 0) is 36.9 Å². The molecule has 36 heavy (non-hydrogen) atoms. The van der Waals surface area contributed by atoms with Crippen molar-refractivity contribution in [3.63, 3.8) is 0 Å². The van der Waals surface area contributed by atoms with Gasteiger partial charge >= 0.3 is 62.2 Å². The zero-order valence-electron chi connectivity index (χ0n) is 21.9. The number of halogens is 1. The van der Waals surface area contributed by atoms with E-state index in [2.05, 4.69) is 50.1 Å². The van der Waals surface area contributed by atoms with Crippen LogP contribution in [0.25, 0.3) is 0 Å². The van der Waals surface area contributed by atoms with Gasteiger partial charge in [0, 0.05) is 28.8 Å². The number of hydrogen-bond donors (Lipinski definition) is 2. The quantitative estimate of drug-likeness (QED) is 0.320. The van der Waals surface area contributed by atoms with Crippen molar-refractivity contribution in [2.75, 3.05) is 5.32 Å². The molecule has 9 heteroatoms. The molecule has 3 atom stereocenters. The molecule has 2 N–H and O–H groups in total. The second-order valence-electron chi connectivity index (χ2n) is 10.2. The molecule has 1 aromatic heterocycles. The van der Waals surface area contributed by atoms with Gasteiger partial charge in [0.2, 0.25) is 0 Å². The van der Waals surface area contributed by atoms with E-state index in [1.54, 1.807) is 26.2 Å². The number of carbonyl (C=O) groups excluding carboxylic acids is 1. The van der Waals surface area contributed by atoms with Crippen molar-refractivity contribution in [1.82, 2.24) is 10.2 Å². The second-order valence-corrected chi connectivity index (χ2v) is 13.1. The van der Waals surface area contributed by atoms with E-state index in [0.717, 1.165) is 48.3 Å². The summed E-state index contributed by atoms with van der Waals surface area (Å²) in [5.41, 5.74) is 3.62. The van der Waals surface area contributed by atoms with Crippen molar-refractivity contribution < 1.29 is 71.4 Å². The molecular weight excluding hydrogens is 942 g/mol. The smallest absolute Gasteiger partial charge is 0.542 e. The van der Waals surface area contributed by atoms with Crippen LogP contribution in [0.3, 0.4) is 0 Å². The van der Waals surface area contributed by atoms with Gasteiger partial charge in [0.25, 0.3) is 0 Å². The molecule has 4 nitrogen and oxygen atoms in total. The Kier molecular flexibility index (Phi) is 17.5. The number of anilines is 2. The van der Waals surface area contributed by atoms with E-state index < -0.39 is 0 Å². The molecule has 194 valence electrons. The van der Waals surface area contributed by atoms with E-state index in [4.69, 9.17) is 11.2 Å². The zero-order valence-corrected chi connectivity index (χ0v) is 31.8. The summed E-state index contributed by atoms with van der Waals surface area (Å²) in [5, 5.41) is 10.5. The van der Waals surface area contributed by atoms with E-state index in [-0.39, 0.29) is 88.8 Å². The van der Waals surface area contributed by atoms with Crippen LogP contribution in [0.4, 0.5) is 15.9 Å². The predicted octanol–water partition coefficient (Wildman–Crippen LogP) is 6.93. The van der Waals surface area contributed by atoms with Gasteiger partial charge in [-0.2, -0.15) is 16.4 Å². The zero-order chi connectivity index (χ0) is 25.5. The average molecular weight is 980 g/mol. The Bertz CT molecular complexity index is 976. The summed E-state index contributed by atoms with van der Waals surface area (Å²) < 4.78 is 14.6. The maximum Gasteiger partial charge on any atom is 2.00 e. The van der Waals surface area contributed by atoms with Crippen molar-refractivity contribution in [3.8, 4) is 0 Å². The van der Waals surface area contributed by atoms with Gasteiger partial charge in [-0.3, -0.25) is 11.4 Å².